The van der Waals surface area contributed by atoms with Crippen LogP contribution in [-0.4, -0.2) is 28.2 Å². The molecule has 0 radical (unpaired) electrons. The molecule has 6 nitrogen and oxygen atoms in total. The normalized spacial score (nSPS) is 8.40. The standard InChI is InChI=1S/3CH3N2.Al/c3*2-1-3;/h3*(H3,2,3);. The van der Waals surface area contributed by atoms with Gasteiger partial charge < -0.3 is 33.4 Å². The minimum Gasteiger partial charge on any atom is -0.401 e. The second-order valence-corrected chi connectivity index (χ2v) is 4.53. The van der Waals surface area contributed by atoms with E-state index in [9.17, 15) is 0 Å². The molecule has 7 heteroatoms. The van der Waals surface area contributed by atoms with Crippen molar-refractivity contribution in [2.24, 2.45) is 17.2 Å². The molecule has 0 amide bonds. The zero-order chi connectivity index (χ0) is 8.31. The zero-order valence-corrected chi connectivity index (χ0v) is 6.46. The maximum Gasteiger partial charge on any atom is 0.537 e. The van der Waals surface area contributed by atoms with Crippen LogP contribution in [-0.2, 0) is 0 Å². The maximum absolute atomic E-state index is 6.91. The quantitative estimate of drug-likeness (QED) is 0.158. The summed E-state index contributed by atoms with van der Waals surface area (Å²) in [6.45, 7) is 0. The van der Waals surface area contributed by atoms with E-state index in [2.05, 4.69) is 0 Å². The molecule has 0 aliphatic carbocycles. The Morgan fingerprint density at radius 2 is 1.00 bits per heavy atom. The molecule has 54 valence electrons. The highest BCUT2D eigenvalue weighted by molar-refractivity contribution is 7.27. The van der Waals surface area contributed by atoms with Gasteiger partial charge in [0.25, 0.3) is 0 Å². The van der Waals surface area contributed by atoms with Crippen molar-refractivity contribution in [3.63, 3.8) is 0 Å². The molecule has 0 aromatic carbocycles. The first-order valence-electron chi connectivity index (χ1n) is 2.48. The Labute approximate surface area is 62.3 Å². The Bertz CT molecular complexity index is 152. The Hall–Kier alpha value is -1.06. The smallest absolute Gasteiger partial charge is 0.401 e. The van der Waals surface area contributed by atoms with Crippen LogP contribution in [0.5, 0.6) is 0 Å². The molecule has 0 fully saturated rings. The van der Waals surface area contributed by atoms with Crippen LogP contribution in [0, 0.1) is 16.2 Å². The summed E-state index contributed by atoms with van der Waals surface area (Å²) >= 11 is -2.37. The molecule has 0 rings (SSSR count). The van der Waals surface area contributed by atoms with Gasteiger partial charge in [-0.2, -0.15) is 0 Å². The summed E-state index contributed by atoms with van der Waals surface area (Å²) in [6, 6.07) is 0. The first-order chi connectivity index (χ1) is 4.46. The van der Waals surface area contributed by atoms with E-state index in [1.807, 2.05) is 0 Å². The Kier molecular flexibility index (Phi) is 2.86. The van der Waals surface area contributed by atoms with Crippen molar-refractivity contribution in [3.8, 4) is 0 Å². The minimum atomic E-state index is -2.37. The summed E-state index contributed by atoms with van der Waals surface area (Å²) < 4.78 is -0.708. The predicted molar refractivity (Wildman–Crippen MR) is 41.5 cm³/mol. The highest BCUT2D eigenvalue weighted by atomic mass is 27.2. The van der Waals surface area contributed by atoms with Crippen molar-refractivity contribution in [2.45, 2.75) is 0 Å². The lowest BCUT2D eigenvalue weighted by molar-refractivity contribution is 1.45. The topological polar surface area (TPSA) is 150 Å². The van der Waals surface area contributed by atoms with Crippen LogP contribution in [0.15, 0.2) is 0 Å². The third kappa shape index (κ3) is 2.05. The van der Waals surface area contributed by atoms with Crippen LogP contribution in [0.3, 0.4) is 0 Å². The predicted octanol–water partition coefficient (Wildman–Crippen LogP) is -2.09. The summed E-state index contributed by atoms with van der Waals surface area (Å²) in [6.07, 6.45) is 0. The third-order valence-corrected chi connectivity index (χ3v) is 2.80. The van der Waals surface area contributed by atoms with Crippen molar-refractivity contribution in [1.29, 1.82) is 16.2 Å². The Balaban J connectivity index is 4.43. The molecular weight excluding hydrogens is 147 g/mol. The molecule has 10 heavy (non-hydrogen) atoms. The summed E-state index contributed by atoms with van der Waals surface area (Å²) in [7, 11) is 0. The van der Waals surface area contributed by atoms with Crippen LogP contribution in [0.4, 0.5) is 0 Å². The first-order valence-corrected chi connectivity index (χ1v) is 4.21. The number of amidine groups is 3. The van der Waals surface area contributed by atoms with Crippen molar-refractivity contribution in [3.05, 3.63) is 0 Å². The van der Waals surface area contributed by atoms with Crippen LogP contribution in [0.25, 0.3) is 0 Å². The first kappa shape index (κ1) is 8.94. The highest BCUT2D eigenvalue weighted by Gasteiger charge is 2.30. The van der Waals surface area contributed by atoms with E-state index in [0.29, 0.717) is 0 Å². The van der Waals surface area contributed by atoms with E-state index in [-0.39, 0.29) is 14.1 Å². The fourth-order valence-electron chi connectivity index (χ4n) is 0.503. The fraction of sp³-hybridized carbons (Fsp3) is 0. The Morgan fingerprint density at radius 1 is 0.800 bits per heavy atom. The molecule has 0 heterocycles. The molecule has 0 aliphatic heterocycles. The van der Waals surface area contributed by atoms with E-state index in [4.69, 9.17) is 33.4 Å². The number of nitrogens with two attached hydrogens (primary N) is 3. The molecule has 0 aliphatic rings. The van der Waals surface area contributed by atoms with Crippen molar-refractivity contribution < 1.29 is 0 Å². The molecule has 0 bridgehead atoms. The molecule has 0 unspecified atom stereocenters. The SMILES string of the molecule is N=[C](N)[Al]([C](=N)N)[C](=N)N. The van der Waals surface area contributed by atoms with E-state index >= 15 is 0 Å². The lowest BCUT2D eigenvalue weighted by Crippen LogP contribution is -2.53. The third-order valence-electron chi connectivity index (χ3n) is 0.933. The maximum atomic E-state index is 6.91. The van der Waals surface area contributed by atoms with Gasteiger partial charge in [0.1, 0.15) is 0 Å². The van der Waals surface area contributed by atoms with Gasteiger partial charge in [0.2, 0.25) is 0 Å². The van der Waals surface area contributed by atoms with Gasteiger partial charge in [0, 0.05) is 14.1 Å². The van der Waals surface area contributed by atoms with E-state index in [0.717, 1.165) is 0 Å². The summed E-state index contributed by atoms with van der Waals surface area (Å²) in [5.74, 6) is 0. The van der Waals surface area contributed by atoms with Crippen LogP contribution >= 0.6 is 0 Å². The largest absolute Gasteiger partial charge is 0.537 e. The van der Waals surface area contributed by atoms with Crippen LogP contribution in [0.2, 0.25) is 0 Å². The monoisotopic (exact) mass is 156 g/mol. The average Bonchev–Trinajstić information content (AvgIpc) is 1.59. The lowest BCUT2D eigenvalue weighted by Gasteiger charge is -2.03. The van der Waals surface area contributed by atoms with Gasteiger partial charge >= 0.3 is 14.1 Å². The van der Waals surface area contributed by atoms with Gasteiger partial charge in [-0.25, -0.2) is 0 Å². The summed E-state index contributed by atoms with van der Waals surface area (Å²) in [5, 5.41) is 20.7. The van der Waals surface area contributed by atoms with Crippen LogP contribution in [0.1, 0.15) is 0 Å². The van der Waals surface area contributed by atoms with E-state index in [1.165, 1.54) is 0 Å². The number of rotatable bonds is 3. The molecule has 0 aromatic heterocycles. The summed E-state index contributed by atoms with van der Waals surface area (Å²) in [5.41, 5.74) is 15.1. The van der Waals surface area contributed by atoms with Gasteiger partial charge in [-0.15, -0.1) is 0 Å². The second-order valence-electron chi connectivity index (χ2n) is 1.80. The molecule has 9 N–H and O–H groups in total. The van der Waals surface area contributed by atoms with Crippen molar-refractivity contribution in [1.82, 2.24) is 0 Å². The second kappa shape index (κ2) is 3.20. The molecule has 0 saturated heterocycles. The fourth-order valence-corrected chi connectivity index (χ4v) is 1.51. The molecule has 0 spiro atoms. The number of hydrogen-bond acceptors (Lipinski definition) is 3. The zero-order valence-electron chi connectivity index (χ0n) is 5.31. The lowest BCUT2D eigenvalue weighted by atomic mass is 11.3. The van der Waals surface area contributed by atoms with Crippen molar-refractivity contribution in [2.75, 3.05) is 0 Å². The molecule has 0 atom stereocenters. The molecule has 0 aromatic rings. The van der Waals surface area contributed by atoms with E-state index < -0.39 is 14.1 Å². The van der Waals surface area contributed by atoms with Gasteiger partial charge in [0.05, 0.1) is 0 Å². The average molecular weight is 156 g/mol. The number of nitrogens with one attached hydrogen (secondary N) is 3. The summed E-state index contributed by atoms with van der Waals surface area (Å²) in [4.78, 5) is 0. The van der Waals surface area contributed by atoms with Gasteiger partial charge in [-0.05, 0) is 0 Å². The van der Waals surface area contributed by atoms with E-state index in [1.54, 1.807) is 0 Å². The molecular formula is C3H9AlN6. The number of hydrogen-bond donors (Lipinski definition) is 6. The van der Waals surface area contributed by atoms with Crippen molar-refractivity contribution >= 4 is 28.2 Å². The Morgan fingerprint density at radius 3 is 1.00 bits per heavy atom. The van der Waals surface area contributed by atoms with Gasteiger partial charge in [0.15, 0.2) is 0 Å². The molecule has 0 saturated carbocycles. The van der Waals surface area contributed by atoms with Gasteiger partial charge in [-0.1, -0.05) is 0 Å². The minimum absolute atomic E-state index is 0.236. The highest BCUT2D eigenvalue weighted by Crippen LogP contribution is 1.78. The van der Waals surface area contributed by atoms with Gasteiger partial charge in [-0.3, -0.25) is 0 Å². The van der Waals surface area contributed by atoms with Crippen LogP contribution < -0.4 is 17.2 Å².